The first kappa shape index (κ1) is 19.7. The van der Waals surface area contributed by atoms with E-state index in [0.29, 0.717) is 43.7 Å². The van der Waals surface area contributed by atoms with Gasteiger partial charge in [0.05, 0.1) is 26.4 Å². The molecule has 0 atom stereocenters. The molecule has 26 heavy (non-hydrogen) atoms. The summed E-state index contributed by atoms with van der Waals surface area (Å²) in [6.45, 7) is 10.2. The van der Waals surface area contributed by atoms with Crippen molar-refractivity contribution in [2.45, 2.75) is 27.7 Å². The number of hydrogen-bond acceptors (Lipinski definition) is 4. The first-order valence-electron chi connectivity index (χ1n) is 9.19. The molecule has 4 nitrogen and oxygen atoms in total. The normalized spacial score (nSPS) is 10.8. The van der Waals surface area contributed by atoms with E-state index in [4.69, 9.17) is 18.9 Å². The van der Waals surface area contributed by atoms with Crippen LogP contribution in [-0.2, 0) is 0 Å². The quantitative estimate of drug-likeness (QED) is 0.530. The van der Waals surface area contributed by atoms with Crippen molar-refractivity contribution in [3.05, 3.63) is 47.5 Å². The van der Waals surface area contributed by atoms with Crippen LogP contribution in [0.2, 0.25) is 0 Å². The molecule has 0 aliphatic rings. The highest BCUT2D eigenvalue weighted by Crippen LogP contribution is 2.39. The van der Waals surface area contributed by atoms with Gasteiger partial charge in [-0.25, -0.2) is 0 Å². The van der Waals surface area contributed by atoms with Gasteiger partial charge in [0, 0.05) is 0 Å². The molecule has 2 rings (SSSR count). The molecule has 0 amide bonds. The van der Waals surface area contributed by atoms with Crippen molar-refractivity contribution in [3.8, 4) is 23.0 Å². The SMILES string of the molecule is CCOc1cccc(C=Cc2cc(OCC)c(OCC)c(OCC)c2)c1. The molecule has 4 heteroatoms. The van der Waals surface area contributed by atoms with E-state index in [2.05, 4.69) is 0 Å². The van der Waals surface area contributed by atoms with Gasteiger partial charge in [-0.05, 0) is 63.1 Å². The molecule has 0 aromatic heterocycles. The summed E-state index contributed by atoms with van der Waals surface area (Å²) in [5, 5.41) is 0. The summed E-state index contributed by atoms with van der Waals surface area (Å²) in [5.74, 6) is 2.92. The van der Waals surface area contributed by atoms with Crippen LogP contribution in [0.5, 0.6) is 23.0 Å². The Kier molecular flexibility index (Phi) is 7.87. The minimum Gasteiger partial charge on any atom is -0.494 e. The van der Waals surface area contributed by atoms with Crippen molar-refractivity contribution in [3.63, 3.8) is 0 Å². The van der Waals surface area contributed by atoms with Crippen molar-refractivity contribution in [1.29, 1.82) is 0 Å². The third-order valence-corrected chi connectivity index (χ3v) is 3.57. The van der Waals surface area contributed by atoms with E-state index in [1.807, 2.05) is 76.2 Å². The first-order chi connectivity index (χ1) is 12.7. The molecule has 140 valence electrons. The van der Waals surface area contributed by atoms with Crippen LogP contribution in [0.3, 0.4) is 0 Å². The lowest BCUT2D eigenvalue weighted by molar-refractivity contribution is 0.260. The number of rotatable bonds is 10. The fourth-order valence-electron chi connectivity index (χ4n) is 2.57. The molecule has 2 aromatic rings. The Morgan fingerprint density at radius 1 is 0.654 bits per heavy atom. The average Bonchev–Trinajstić information content (AvgIpc) is 2.64. The fraction of sp³-hybridized carbons (Fsp3) is 0.364. The van der Waals surface area contributed by atoms with Crippen LogP contribution in [0.4, 0.5) is 0 Å². The summed E-state index contributed by atoms with van der Waals surface area (Å²) in [6.07, 6.45) is 4.08. The van der Waals surface area contributed by atoms with Crippen molar-refractivity contribution >= 4 is 12.2 Å². The summed E-state index contributed by atoms with van der Waals surface area (Å²) in [7, 11) is 0. The Labute approximate surface area is 156 Å². The lowest BCUT2D eigenvalue weighted by Crippen LogP contribution is -2.02. The average molecular weight is 356 g/mol. The number of benzene rings is 2. The maximum Gasteiger partial charge on any atom is 0.203 e. The smallest absolute Gasteiger partial charge is 0.203 e. The van der Waals surface area contributed by atoms with Crippen molar-refractivity contribution in [2.75, 3.05) is 26.4 Å². The van der Waals surface area contributed by atoms with Crippen LogP contribution < -0.4 is 18.9 Å². The number of ether oxygens (including phenoxy) is 4. The van der Waals surface area contributed by atoms with E-state index in [1.54, 1.807) is 0 Å². The Morgan fingerprint density at radius 3 is 1.81 bits per heavy atom. The van der Waals surface area contributed by atoms with Crippen LogP contribution in [0.1, 0.15) is 38.8 Å². The second kappa shape index (κ2) is 10.4. The van der Waals surface area contributed by atoms with Gasteiger partial charge in [0.1, 0.15) is 5.75 Å². The van der Waals surface area contributed by atoms with Crippen molar-refractivity contribution in [1.82, 2.24) is 0 Å². The molecule has 0 fully saturated rings. The van der Waals surface area contributed by atoms with Crippen LogP contribution >= 0.6 is 0 Å². The lowest BCUT2D eigenvalue weighted by Gasteiger charge is -2.16. The zero-order chi connectivity index (χ0) is 18.8. The van der Waals surface area contributed by atoms with Gasteiger partial charge in [-0.15, -0.1) is 0 Å². The predicted octanol–water partition coefficient (Wildman–Crippen LogP) is 5.45. The molecule has 0 unspecified atom stereocenters. The minimum absolute atomic E-state index is 0.555. The number of hydrogen-bond donors (Lipinski definition) is 0. The van der Waals surface area contributed by atoms with Gasteiger partial charge < -0.3 is 18.9 Å². The Hall–Kier alpha value is -2.62. The van der Waals surface area contributed by atoms with Gasteiger partial charge >= 0.3 is 0 Å². The molecule has 0 radical (unpaired) electrons. The molecule has 0 aliphatic heterocycles. The van der Waals surface area contributed by atoms with Crippen LogP contribution in [-0.4, -0.2) is 26.4 Å². The first-order valence-corrected chi connectivity index (χ1v) is 9.19. The second-order valence-electron chi connectivity index (χ2n) is 5.48. The molecule has 2 aromatic carbocycles. The zero-order valence-corrected chi connectivity index (χ0v) is 16.1. The summed E-state index contributed by atoms with van der Waals surface area (Å²) >= 11 is 0. The molecule has 0 aliphatic carbocycles. The zero-order valence-electron chi connectivity index (χ0n) is 16.1. The minimum atomic E-state index is 0.555. The Balaban J connectivity index is 2.34. The van der Waals surface area contributed by atoms with Crippen LogP contribution in [0, 0.1) is 0 Å². The van der Waals surface area contributed by atoms with E-state index in [-0.39, 0.29) is 0 Å². The fourth-order valence-corrected chi connectivity index (χ4v) is 2.57. The molecular weight excluding hydrogens is 328 g/mol. The predicted molar refractivity (Wildman–Crippen MR) is 106 cm³/mol. The van der Waals surface area contributed by atoms with Crippen molar-refractivity contribution in [2.24, 2.45) is 0 Å². The largest absolute Gasteiger partial charge is 0.494 e. The maximum atomic E-state index is 5.76. The van der Waals surface area contributed by atoms with E-state index in [1.165, 1.54) is 0 Å². The van der Waals surface area contributed by atoms with E-state index in [9.17, 15) is 0 Å². The van der Waals surface area contributed by atoms with Gasteiger partial charge in [0.2, 0.25) is 5.75 Å². The van der Waals surface area contributed by atoms with Gasteiger partial charge in [0.25, 0.3) is 0 Å². The highest BCUT2D eigenvalue weighted by atomic mass is 16.5. The molecule has 0 N–H and O–H groups in total. The van der Waals surface area contributed by atoms with E-state index < -0.39 is 0 Å². The highest BCUT2D eigenvalue weighted by molar-refractivity contribution is 5.73. The summed E-state index contributed by atoms with van der Waals surface area (Å²) < 4.78 is 22.8. The van der Waals surface area contributed by atoms with Gasteiger partial charge in [0.15, 0.2) is 11.5 Å². The van der Waals surface area contributed by atoms with Crippen LogP contribution in [0.25, 0.3) is 12.2 Å². The monoisotopic (exact) mass is 356 g/mol. The second-order valence-corrected chi connectivity index (χ2v) is 5.48. The standard InChI is InChI=1S/C22H28O4/c1-5-23-19-11-9-10-17(14-19)12-13-18-15-20(24-6-2)22(26-8-4)21(16-18)25-7-3/h9-16H,5-8H2,1-4H3. The van der Waals surface area contributed by atoms with E-state index >= 15 is 0 Å². The Morgan fingerprint density at radius 2 is 1.23 bits per heavy atom. The third-order valence-electron chi connectivity index (χ3n) is 3.57. The summed E-state index contributed by atoms with van der Waals surface area (Å²) in [4.78, 5) is 0. The summed E-state index contributed by atoms with van der Waals surface area (Å²) in [5.41, 5.74) is 2.06. The Bertz CT molecular complexity index is 695. The highest BCUT2D eigenvalue weighted by Gasteiger charge is 2.14. The maximum absolute atomic E-state index is 5.76. The van der Waals surface area contributed by atoms with Gasteiger partial charge in [-0.3, -0.25) is 0 Å². The molecule has 0 saturated heterocycles. The summed E-state index contributed by atoms with van der Waals surface area (Å²) in [6, 6.07) is 11.9. The van der Waals surface area contributed by atoms with Gasteiger partial charge in [-0.2, -0.15) is 0 Å². The van der Waals surface area contributed by atoms with Crippen molar-refractivity contribution < 1.29 is 18.9 Å². The topological polar surface area (TPSA) is 36.9 Å². The third kappa shape index (κ3) is 5.45. The molecular formula is C22H28O4. The molecule has 0 bridgehead atoms. The lowest BCUT2D eigenvalue weighted by atomic mass is 10.1. The molecule has 0 saturated carbocycles. The van der Waals surface area contributed by atoms with E-state index in [0.717, 1.165) is 16.9 Å². The van der Waals surface area contributed by atoms with Crippen LogP contribution in [0.15, 0.2) is 36.4 Å². The molecule has 0 heterocycles. The van der Waals surface area contributed by atoms with Gasteiger partial charge in [-0.1, -0.05) is 24.3 Å². The molecule has 0 spiro atoms.